The number of Topliss-reactive ketones (excluding diaryl/α,β-unsaturated/α-hetero) is 4. The van der Waals surface area contributed by atoms with E-state index in [4.69, 9.17) is 9.47 Å². The summed E-state index contributed by atoms with van der Waals surface area (Å²) in [6.45, 7) is 23.0. The molecule has 2 N–H and O–H groups in total. The maximum atomic E-state index is 14.8. The van der Waals surface area contributed by atoms with E-state index in [1.165, 1.54) is 26.4 Å². The highest BCUT2D eigenvalue weighted by atomic mass is 16.5. The Balaban J connectivity index is 1.99. The molecule has 0 aromatic heterocycles. The van der Waals surface area contributed by atoms with Crippen molar-refractivity contribution in [2.75, 3.05) is 14.2 Å². The largest absolute Gasteiger partial charge is 0.511 e. The van der Waals surface area contributed by atoms with Crippen molar-refractivity contribution >= 4 is 46.9 Å². The highest BCUT2D eigenvalue weighted by Crippen LogP contribution is 2.51. The fraction of sp³-hybridized carbons (Fsp3) is 0.358. The van der Waals surface area contributed by atoms with Crippen LogP contribution in [0.4, 0.5) is 0 Å². The van der Waals surface area contributed by atoms with Crippen LogP contribution in [-0.2, 0) is 28.8 Å². The predicted octanol–water partition coefficient (Wildman–Crippen LogP) is 10.5. The second-order valence-corrected chi connectivity index (χ2v) is 17.2. The zero-order valence-corrected chi connectivity index (χ0v) is 37.4. The number of aliphatic hydroxyl groups is 2. The number of methoxy groups -OCH3 is 2. The van der Waals surface area contributed by atoms with Gasteiger partial charge in [-0.05, 0) is 127 Å². The number of hydrogen-bond donors (Lipinski definition) is 2. The first-order chi connectivity index (χ1) is 29.7. The number of aliphatic hydroxyl groups excluding tert-OH is 2. The molecule has 0 saturated carbocycles. The molecular weight excluding hydrogens is 797 g/mol. The molecule has 63 heavy (non-hydrogen) atoms. The van der Waals surface area contributed by atoms with Gasteiger partial charge in [0.1, 0.15) is 34.9 Å². The van der Waals surface area contributed by atoms with Crippen molar-refractivity contribution in [3.05, 3.63) is 143 Å². The average molecular weight is 857 g/mol. The third-order valence-electron chi connectivity index (χ3n) is 12.0. The molecule has 0 radical (unpaired) electrons. The third-order valence-corrected chi connectivity index (χ3v) is 12.0. The standard InChI is InChI=1S/C53H60O10/c1-32(2)21-25-52(26-22-33(3)4)48(58)40(46(56)44(50(52)60)42(54)19-17-36-13-11-15-38(29-36)62-9)31-41-47(57)45(43(55)20-18-37-14-12-16-39(30-37)63-10)51(61)53(49(41)59,27-23-34(5)6)28-24-35(7)8/h11-20,29-30,44-45,58-59H,1,3,5,7,21-28,31H2,2,4,6,8-10H3. The van der Waals surface area contributed by atoms with Crippen molar-refractivity contribution in [3.8, 4) is 11.5 Å². The van der Waals surface area contributed by atoms with Crippen LogP contribution in [0.3, 0.4) is 0 Å². The predicted molar refractivity (Wildman–Crippen MR) is 246 cm³/mol. The molecule has 2 aromatic carbocycles. The van der Waals surface area contributed by atoms with Gasteiger partial charge in [-0.1, -0.05) is 58.7 Å². The van der Waals surface area contributed by atoms with Gasteiger partial charge >= 0.3 is 0 Å². The Labute approximate surface area is 371 Å². The van der Waals surface area contributed by atoms with Crippen LogP contribution >= 0.6 is 0 Å². The van der Waals surface area contributed by atoms with Gasteiger partial charge in [0.2, 0.25) is 0 Å². The number of ketones is 6. The van der Waals surface area contributed by atoms with Crippen LogP contribution in [0.25, 0.3) is 12.2 Å². The summed E-state index contributed by atoms with van der Waals surface area (Å²) >= 11 is 0. The third kappa shape index (κ3) is 11.2. The monoisotopic (exact) mass is 856 g/mol. The van der Waals surface area contributed by atoms with Crippen molar-refractivity contribution in [1.29, 1.82) is 0 Å². The molecule has 2 aliphatic carbocycles. The Kier molecular flexibility index (Phi) is 16.5. The normalized spacial score (nSPS) is 18.6. The van der Waals surface area contributed by atoms with Crippen LogP contribution in [0.5, 0.6) is 11.5 Å². The van der Waals surface area contributed by atoms with Crippen molar-refractivity contribution < 1.29 is 48.5 Å². The summed E-state index contributed by atoms with van der Waals surface area (Å²) in [5, 5.41) is 24.8. The molecular formula is C53H60O10. The summed E-state index contributed by atoms with van der Waals surface area (Å²) < 4.78 is 10.6. The zero-order chi connectivity index (χ0) is 46.8. The van der Waals surface area contributed by atoms with Gasteiger partial charge in [-0.2, -0.15) is 0 Å². The molecule has 10 heteroatoms. The van der Waals surface area contributed by atoms with Crippen molar-refractivity contribution in [2.24, 2.45) is 22.7 Å². The lowest BCUT2D eigenvalue weighted by Gasteiger charge is -2.41. The fourth-order valence-corrected chi connectivity index (χ4v) is 8.18. The van der Waals surface area contributed by atoms with E-state index in [0.29, 0.717) is 44.9 Å². The van der Waals surface area contributed by atoms with Crippen molar-refractivity contribution in [1.82, 2.24) is 0 Å². The number of rotatable bonds is 22. The van der Waals surface area contributed by atoms with Gasteiger partial charge in [-0.15, -0.1) is 26.3 Å². The van der Waals surface area contributed by atoms with E-state index in [1.807, 2.05) is 0 Å². The lowest BCUT2D eigenvalue weighted by molar-refractivity contribution is -0.146. The van der Waals surface area contributed by atoms with E-state index in [9.17, 15) is 39.0 Å². The molecule has 0 bridgehead atoms. The zero-order valence-electron chi connectivity index (χ0n) is 37.4. The summed E-state index contributed by atoms with van der Waals surface area (Å²) in [4.78, 5) is 87.7. The Bertz CT molecular complexity index is 2160. The Hall–Kier alpha value is -6.42. The topological polar surface area (TPSA) is 161 Å². The molecule has 332 valence electrons. The van der Waals surface area contributed by atoms with Gasteiger partial charge in [-0.25, -0.2) is 0 Å². The molecule has 2 unspecified atom stereocenters. The maximum absolute atomic E-state index is 14.8. The Morgan fingerprint density at radius 2 is 0.905 bits per heavy atom. The van der Waals surface area contributed by atoms with Crippen LogP contribution in [0.2, 0.25) is 0 Å². The molecule has 0 aliphatic heterocycles. The molecule has 4 rings (SSSR count). The van der Waals surface area contributed by atoms with Crippen LogP contribution in [-0.4, -0.2) is 59.1 Å². The van der Waals surface area contributed by atoms with E-state index in [0.717, 1.165) is 12.2 Å². The minimum atomic E-state index is -1.93. The van der Waals surface area contributed by atoms with Crippen LogP contribution in [0.1, 0.15) is 96.6 Å². The van der Waals surface area contributed by atoms with E-state index in [-0.39, 0.29) is 51.4 Å². The first kappa shape index (κ1) is 49.2. The quantitative estimate of drug-likeness (QED) is 0.0662. The number of carbonyl (C=O) groups excluding carboxylic acids is 6. The van der Waals surface area contributed by atoms with Crippen LogP contribution in [0, 0.1) is 22.7 Å². The number of hydrogen-bond acceptors (Lipinski definition) is 10. The summed E-state index contributed by atoms with van der Waals surface area (Å²) in [6, 6.07) is 13.6. The second-order valence-electron chi connectivity index (χ2n) is 17.2. The maximum Gasteiger partial charge on any atom is 0.180 e. The van der Waals surface area contributed by atoms with Gasteiger partial charge in [0.05, 0.1) is 25.0 Å². The molecule has 0 fully saturated rings. The van der Waals surface area contributed by atoms with E-state index in [2.05, 4.69) is 26.3 Å². The van der Waals surface area contributed by atoms with Crippen molar-refractivity contribution in [2.45, 2.75) is 85.5 Å². The Morgan fingerprint density at radius 3 is 1.19 bits per heavy atom. The van der Waals surface area contributed by atoms with Crippen molar-refractivity contribution in [3.63, 3.8) is 0 Å². The lowest BCUT2D eigenvalue weighted by atomic mass is 9.59. The number of carbonyl (C=O) groups is 6. The minimum absolute atomic E-state index is 0.0325. The van der Waals surface area contributed by atoms with Gasteiger partial charge < -0.3 is 19.7 Å². The molecule has 2 atom stereocenters. The summed E-state index contributed by atoms with van der Waals surface area (Å²) in [6.07, 6.45) is 5.18. The highest BCUT2D eigenvalue weighted by molar-refractivity contribution is 6.32. The average Bonchev–Trinajstić information content (AvgIpc) is 3.24. The summed E-state index contributed by atoms with van der Waals surface area (Å²) in [5.74, 6) is -9.56. The SMILES string of the molecule is C=C(C)CCC1(CCC(=C)C)C(=O)C(C(=O)C=Cc2cccc(OC)c2)C(=O)C(CC2=C(O)C(CCC(=C)C)(CCC(=C)C)C(=O)C(C(=O)C=Cc3cccc(OC)c3)C2=O)=C1O. The molecule has 0 heterocycles. The fourth-order valence-electron chi connectivity index (χ4n) is 8.18. The minimum Gasteiger partial charge on any atom is -0.511 e. The second kappa shape index (κ2) is 21.1. The van der Waals surface area contributed by atoms with E-state index in [1.54, 1.807) is 76.2 Å². The van der Waals surface area contributed by atoms with E-state index < -0.39 is 86.5 Å². The summed E-state index contributed by atoms with van der Waals surface area (Å²) in [5.41, 5.74) is -0.688. The smallest absolute Gasteiger partial charge is 0.180 e. The number of allylic oxidation sites excluding steroid dienone is 10. The van der Waals surface area contributed by atoms with E-state index >= 15 is 0 Å². The van der Waals surface area contributed by atoms with Crippen LogP contribution in [0.15, 0.2) is 132 Å². The van der Waals surface area contributed by atoms with Crippen LogP contribution < -0.4 is 9.47 Å². The summed E-state index contributed by atoms with van der Waals surface area (Å²) in [7, 11) is 2.98. The van der Waals surface area contributed by atoms with Gasteiger partial charge in [-0.3, -0.25) is 28.8 Å². The van der Waals surface area contributed by atoms with Gasteiger partial charge in [0.15, 0.2) is 34.7 Å². The Morgan fingerprint density at radius 1 is 0.587 bits per heavy atom. The first-order valence-electron chi connectivity index (χ1n) is 21.0. The molecule has 0 saturated heterocycles. The molecule has 2 aromatic rings. The van der Waals surface area contributed by atoms with Gasteiger partial charge in [0, 0.05) is 17.6 Å². The molecule has 2 aliphatic rings. The first-order valence-corrected chi connectivity index (χ1v) is 21.0. The molecule has 10 nitrogen and oxygen atoms in total. The highest BCUT2D eigenvalue weighted by Gasteiger charge is 2.58. The molecule has 0 amide bonds. The van der Waals surface area contributed by atoms with Gasteiger partial charge in [0.25, 0.3) is 0 Å². The molecule has 0 spiro atoms. The lowest BCUT2D eigenvalue weighted by Crippen LogP contribution is -2.51. The number of ether oxygens (including phenoxy) is 2. The number of benzene rings is 2.